The van der Waals surface area contributed by atoms with Crippen molar-refractivity contribution in [1.82, 2.24) is 0 Å². The van der Waals surface area contributed by atoms with Crippen LogP contribution in [0.3, 0.4) is 0 Å². The number of ether oxygens (including phenoxy) is 1. The zero-order valence-electron chi connectivity index (χ0n) is 10.6. The van der Waals surface area contributed by atoms with E-state index in [1.54, 1.807) is 7.11 Å². The van der Waals surface area contributed by atoms with E-state index < -0.39 is 0 Å². The van der Waals surface area contributed by atoms with Crippen molar-refractivity contribution in [3.05, 3.63) is 61.1 Å². The number of rotatable bonds is 3. The summed E-state index contributed by atoms with van der Waals surface area (Å²) >= 11 is 9.74. The van der Waals surface area contributed by atoms with Crippen LogP contribution in [0.25, 0.3) is 0 Å². The van der Waals surface area contributed by atoms with Crippen molar-refractivity contribution in [3.63, 3.8) is 0 Å². The molecular weight excluding hydrogens is 483 g/mol. The van der Waals surface area contributed by atoms with Gasteiger partial charge in [0.2, 0.25) is 0 Å². The molecule has 0 saturated heterocycles. The molecule has 0 aliphatic rings. The Labute approximate surface area is 144 Å². The topological polar surface area (TPSA) is 9.23 Å². The molecule has 1 atom stereocenters. The van der Waals surface area contributed by atoms with Crippen LogP contribution in [0.1, 0.15) is 21.5 Å². The first kappa shape index (κ1) is 15.3. The second-order valence-electron chi connectivity index (χ2n) is 4.23. The Bertz CT molecular complexity index is 599. The maximum absolute atomic E-state index is 5.51. The van der Waals surface area contributed by atoms with E-state index in [0.29, 0.717) is 0 Å². The van der Waals surface area contributed by atoms with Crippen LogP contribution in [0.2, 0.25) is 0 Å². The molecule has 0 aliphatic heterocycles. The molecule has 0 aliphatic carbocycles. The molecule has 0 N–H and O–H groups in total. The fourth-order valence-electron chi connectivity index (χ4n) is 1.89. The molecule has 0 aromatic heterocycles. The lowest BCUT2D eigenvalue weighted by Crippen LogP contribution is -2.00. The summed E-state index contributed by atoms with van der Waals surface area (Å²) in [6.07, 6.45) is 0. The summed E-state index contributed by atoms with van der Waals surface area (Å²) in [7, 11) is 1.71. The zero-order valence-corrected chi connectivity index (χ0v) is 15.9. The minimum atomic E-state index is 0.118. The molecule has 0 fully saturated rings. The van der Waals surface area contributed by atoms with Gasteiger partial charge in [0.25, 0.3) is 0 Å². The third-order valence-corrected chi connectivity index (χ3v) is 5.79. The van der Waals surface area contributed by atoms with Gasteiger partial charge >= 0.3 is 0 Å². The lowest BCUT2D eigenvalue weighted by Gasteiger charge is -2.17. The Kier molecular flexibility index (Phi) is 5.31. The van der Waals surface area contributed by atoms with E-state index in [2.05, 4.69) is 91.7 Å². The van der Waals surface area contributed by atoms with Crippen LogP contribution in [0, 0.1) is 10.5 Å². The fourth-order valence-corrected chi connectivity index (χ4v) is 4.14. The summed E-state index contributed by atoms with van der Waals surface area (Å²) in [5.41, 5.74) is 3.55. The molecule has 2 aromatic carbocycles. The van der Waals surface area contributed by atoms with Crippen LogP contribution in [0.15, 0.2) is 40.9 Å². The van der Waals surface area contributed by atoms with Crippen molar-refractivity contribution < 1.29 is 4.74 Å². The van der Waals surface area contributed by atoms with E-state index in [1.165, 1.54) is 14.7 Å². The highest BCUT2D eigenvalue weighted by molar-refractivity contribution is 14.1. The van der Waals surface area contributed by atoms with E-state index in [4.69, 9.17) is 4.74 Å². The van der Waals surface area contributed by atoms with Gasteiger partial charge in [-0.25, -0.2) is 0 Å². The molecule has 2 rings (SSSR count). The van der Waals surface area contributed by atoms with Crippen LogP contribution in [0.5, 0.6) is 5.75 Å². The highest BCUT2D eigenvalue weighted by Crippen LogP contribution is 2.40. The number of hydrogen-bond donors (Lipinski definition) is 0. The Balaban J connectivity index is 2.52. The lowest BCUT2D eigenvalue weighted by molar-refractivity contribution is 0.410. The summed E-state index contributed by atoms with van der Waals surface area (Å²) in [6, 6.07) is 12.5. The van der Waals surface area contributed by atoms with Gasteiger partial charge in [-0.1, -0.05) is 50.1 Å². The maximum Gasteiger partial charge on any atom is 0.123 e. The van der Waals surface area contributed by atoms with Crippen molar-refractivity contribution in [2.75, 3.05) is 7.11 Å². The molecule has 0 bridgehead atoms. The molecule has 1 unspecified atom stereocenters. The smallest absolute Gasteiger partial charge is 0.123 e. The molecule has 19 heavy (non-hydrogen) atoms. The van der Waals surface area contributed by atoms with Gasteiger partial charge in [0, 0.05) is 13.6 Å². The number of aryl methyl sites for hydroxylation is 1. The van der Waals surface area contributed by atoms with Gasteiger partial charge in [-0.05, 0) is 58.8 Å². The molecular formula is C15H13Br2IO. The number of halogens is 3. The highest BCUT2D eigenvalue weighted by atomic mass is 127. The average molecular weight is 496 g/mol. The van der Waals surface area contributed by atoms with Crippen LogP contribution < -0.4 is 4.74 Å². The van der Waals surface area contributed by atoms with Gasteiger partial charge in [0.05, 0.1) is 11.9 Å². The summed E-state index contributed by atoms with van der Waals surface area (Å²) in [4.78, 5) is 0.118. The normalized spacial score (nSPS) is 12.3. The van der Waals surface area contributed by atoms with Crippen molar-refractivity contribution in [1.29, 1.82) is 0 Å². The zero-order chi connectivity index (χ0) is 14.0. The Morgan fingerprint density at radius 1 is 1.16 bits per heavy atom. The molecule has 0 amide bonds. The van der Waals surface area contributed by atoms with Crippen molar-refractivity contribution in [3.8, 4) is 5.75 Å². The quantitative estimate of drug-likeness (QED) is 0.383. The largest absolute Gasteiger partial charge is 0.496 e. The van der Waals surface area contributed by atoms with Crippen LogP contribution in [-0.4, -0.2) is 7.11 Å². The van der Waals surface area contributed by atoms with E-state index in [1.807, 2.05) is 6.07 Å². The average Bonchev–Trinajstić information content (AvgIpc) is 2.41. The first-order valence-corrected chi connectivity index (χ1v) is 8.56. The van der Waals surface area contributed by atoms with Gasteiger partial charge in [-0.15, -0.1) is 0 Å². The van der Waals surface area contributed by atoms with Crippen molar-refractivity contribution >= 4 is 54.5 Å². The van der Waals surface area contributed by atoms with Gasteiger partial charge in [0.15, 0.2) is 0 Å². The molecule has 0 spiro atoms. The highest BCUT2D eigenvalue weighted by Gasteiger charge is 2.18. The standard InChI is InChI=1S/C15H13Br2IO/c1-9-7-14(19-2)11(8-12(9)16)15(17)10-5-3-4-6-13(10)18/h3-8,15H,1-2H3. The third-order valence-electron chi connectivity index (χ3n) is 2.96. The number of methoxy groups -OCH3 is 1. The van der Waals surface area contributed by atoms with Crippen LogP contribution >= 0.6 is 54.5 Å². The summed E-state index contributed by atoms with van der Waals surface area (Å²) in [5, 5.41) is 0. The summed E-state index contributed by atoms with van der Waals surface area (Å²) < 4.78 is 7.84. The molecule has 1 nitrogen and oxygen atoms in total. The predicted molar refractivity (Wildman–Crippen MR) is 95.4 cm³/mol. The SMILES string of the molecule is COc1cc(C)c(Br)cc1C(Br)c1ccccc1I. The number of hydrogen-bond acceptors (Lipinski definition) is 1. The molecule has 0 radical (unpaired) electrons. The second-order valence-corrected chi connectivity index (χ2v) is 7.16. The molecule has 100 valence electrons. The van der Waals surface area contributed by atoms with Gasteiger partial charge < -0.3 is 4.74 Å². The van der Waals surface area contributed by atoms with Crippen LogP contribution in [0.4, 0.5) is 0 Å². The van der Waals surface area contributed by atoms with Crippen LogP contribution in [-0.2, 0) is 0 Å². The second kappa shape index (κ2) is 6.59. The fraction of sp³-hybridized carbons (Fsp3) is 0.200. The van der Waals surface area contributed by atoms with E-state index in [9.17, 15) is 0 Å². The lowest BCUT2D eigenvalue weighted by atomic mass is 10.0. The van der Waals surface area contributed by atoms with Gasteiger partial charge in [-0.2, -0.15) is 0 Å². The maximum atomic E-state index is 5.51. The Morgan fingerprint density at radius 2 is 1.84 bits per heavy atom. The first-order valence-electron chi connectivity index (χ1n) is 5.77. The first-order chi connectivity index (χ1) is 9.04. The molecule has 0 heterocycles. The number of alkyl halides is 1. The van der Waals surface area contributed by atoms with E-state index in [0.717, 1.165) is 15.8 Å². The summed E-state index contributed by atoms with van der Waals surface area (Å²) in [6.45, 7) is 2.06. The molecule has 0 saturated carbocycles. The molecule has 2 aromatic rings. The van der Waals surface area contributed by atoms with Gasteiger partial charge in [-0.3, -0.25) is 0 Å². The Morgan fingerprint density at radius 3 is 2.47 bits per heavy atom. The third kappa shape index (κ3) is 3.34. The van der Waals surface area contributed by atoms with Crippen molar-refractivity contribution in [2.45, 2.75) is 11.8 Å². The van der Waals surface area contributed by atoms with Gasteiger partial charge in [0.1, 0.15) is 5.75 Å². The predicted octanol–water partition coefficient (Wildman–Crippen LogP) is 5.86. The summed E-state index contributed by atoms with van der Waals surface area (Å²) in [5.74, 6) is 0.905. The van der Waals surface area contributed by atoms with E-state index in [-0.39, 0.29) is 4.83 Å². The number of benzene rings is 2. The monoisotopic (exact) mass is 494 g/mol. The van der Waals surface area contributed by atoms with Crippen molar-refractivity contribution in [2.24, 2.45) is 0 Å². The molecule has 4 heteroatoms. The minimum absolute atomic E-state index is 0.118. The Hall–Kier alpha value is -0.0700. The van der Waals surface area contributed by atoms with E-state index >= 15 is 0 Å². The minimum Gasteiger partial charge on any atom is -0.496 e.